The van der Waals surface area contributed by atoms with Gasteiger partial charge in [0.1, 0.15) is 17.5 Å². The van der Waals surface area contributed by atoms with Crippen LogP contribution in [0.25, 0.3) is 11.1 Å². The Kier molecular flexibility index (Phi) is 6.43. The summed E-state index contributed by atoms with van der Waals surface area (Å²) < 4.78 is 102. The number of hydrogen-bond donors (Lipinski definition) is 1. The second kappa shape index (κ2) is 8.82. The van der Waals surface area contributed by atoms with E-state index in [1.54, 1.807) is 0 Å². The lowest BCUT2D eigenvalue weighted by atomic mass is 9.91. The molecule has 2 unspecified atom stereocenters. The number of hydrogen-bond acceptors (Lipinski definition) is 4. The largest absolute Gasteiger partial charge is 0.436 e. The highest BCUT2D eigenvalue weighted by Gasteiger charge is 2.63. The number of halogens is 5. The van der Waals surface area contributed by atoms with Gasteiger partial charge in [-0.2, -0.15) is 8.78 Å². The van der Waals surface area contributed by atoms with E-state index in [1.807, 2.05) is 0 Å². The zero-order valence-corrected chi connectivity index (χ0v) is 19.6. The first-order chi connectivity index (χ1) is 16.3. The Labute approximate surface area is 199 Å². The summed E-state index contributed by atoms with van der Waals surface area (Å²) in [6.07, 6.45) is -2.59. The van der Waals surface area contributed by atoms with Crippen LogP contribution in [-0.4, -0.2) is 57.3 Å². The number of carbonyl (C=O) groups excluding carboxylic acids is 1. The molecule has 1 heterocycles. The Morgan fingerprint density at radius 3 is 2.34 bits per heavy atom. The third-order valence-corrected chi connectivity index (χ3v) is 7.29. The molecule has 1 aliphatic carbocycles. The lowest BCUT2D eigenvalue weighted by Crippen LogP contribution is -2.53. The lowest BCUT2D eigenvalue weighted by Gasteiger charge is -2.31. The van der Waals surface area contributed by atoms with Gasteiger partial charge in [0.2, 0.25) is 10.0 Å². The Balaban J connectivity index is 1.75. The molecule has 1 N–H and O–H groups in total. The van der Waals surface area contributed by atoms with Crippen molar-refractivity contribution in [1.82, 2.24) is 9.62 Å². The van der Waals surface area contributed by atoms with Crippen molar-refractivity contribution in [3.8, 4) is 11.1 Å². The van der Waals surface area contributed by atoms with Crippen LogP contribution in [0.15, 0.2) is 36.4 Å². The second-order valence-electron chi connectivity index (χ2n) is 9.09. The van der Waals surface area contributed by atoms with Crippen molar-refractivity contribution in [2.75, 3.05) is 19.9 Å². The van der Waals surface area contributed by atoms with Gasteiger partial charge in [-0.05, 0) is 42.5 Å². The number of nitrogens with zero attached hydrogens (tertiary/aromatic N) is 1. The Morgan fingerprint density at radius 1 is 1.17 bits per heavy atom. The van der Waals surface area contributed by atoms with Gasteiger partial charge in [0.05, 0.1) is 12.3 Å². The third-order valence-electron chi connectivity index (χ3n) is 6.61. The van der Waals surface area contributed by atoms with E-state index in [9.17, 15) is 30.8 Å². The van der Waals surface area contributed by atoms with Crippen molar-refractivity contribution >= 4 is 15.9 Å². The molecule has 0 bridgehead atoms. The number of ether oxygens (including phenoxy) is 1. The van der Waals surface area contributed by atoms with Crippen LogP contribution in [0.2, 0.25) is 0 Å². The molecule has 2 fully saturated rings. The molecule has 2 atom stereocenters. The number of alkyl halides is 2. The van der Waals surface area contributed by atoms with Crippen LogP contribution in [0.3, 0.4) is 0 Å². The fourth-order valence-electron chi connectivity index (χ4n) is 4.81. The summed E-state index contributed by atoms with van der Waals surface area (Å²) in [5, 5.41) is 0. The number of sulfonamides is 1. The Bertz CT molecular complexity index is 1250. The highest BCUT2D eigenvalue weighted by molar-refractivity contribution is 7.88. The predicted octanol–water partition coefficient (Wildman–Crippen LogP) is 3.46. The zero-order chi connectivity index (χ0) is 25.8. The molecule has 190 valence electrons. The van der Waals surface area contributed by atoms with Gasteiger partial charge in [-0.25, -0.2) is 26.3 Å². The number of carbonyl (C=O) groups is 1. The topological polar surface area (TPSA) is 75.7 Å². The molecule has 2 aliphatic rings. The van der Waals surface area contributed by atoms with Crippen LogP contribution >= 0.6 is 0 Å². The molecule has 1 aliphatic heterocycles. The number of rotatable bonds is 7. The van der Waals surface area contributed by atoms with Crippen molar-refractivity contribution in [1.29, 1.82) is 0 Å². The van der Waals surface area contributed by atoms with Crippen LogP contribution in [-0.2, 0) is 26.0 Å². The quantitative estimate of drug-likeness (QED) is 0.570. The predicted molar refractivity (Wildman–Crippen MR) is 116 cm³/mol. The molecule has 0 radical (unpaired) electrons. The minimum atomic E-state index is -4.16. The van der Waals surface area contributed by atoms with Gasteiger partial charge in [0.15, 0.2) is 0 Å². The average Bonchev–Trinajstić information content (AvgIpc) is 3.48. The van der Waals surface area contributed by atoms with Gasteiger partial charge in [-0.1, -0.05) is 18.2 Å². The first kappa shape index (κ1) is 25.5. The second-order valence-corrected chi connectivity index (χ2v) is 10.9. The Hall–Kier alpha value is -2.57. The third kappa shape index (κ3) is 5.05. The van der Waals surface area contributed by atoms with Crippen LogP contribution in [0, 0.1) is 22.9 Å². The van der Waals surface area contributed by atoms with Gasteiger partial charge < -0.3 is 9.64 Å². The number of benzene rings is 2. The fourth-order valence-corrected chi connectivity index (χ4v) is 5.68. The summed E-state index contributed by atoms with van der Waals surface area (Å²) in [5.41, 5.74) is -0.995. The van der Waals surface area contributed by atoms with E-state index in [0.29, 0.717) is 26.0 Å². The minimum Gasteiger partial charge on any atom is -0.330 e. The van der Waals surface area contributed by atoms with Gasteiger partial charge in [0.25, 0.3) is 0 Å². The van der Waals surface area contributed by atoms with E-state index in [-0.39, 0.29) is 29.7 Å². The number of nitrogens with one attached hydrogen (secondary N) is 1. The average molecular weight is 519 g/mol. The zero-order valence-electron chi connectivity index (χ0n) is 18.8. The van der Waals surface area contributed by atoms with Crippen LogP contribution in [0.5, 0.6) is 0 Å². The number of amides is 1. The van der Waals surface area contributed by atoms with E-state index in [0.717, 1.165) is 23.3 Å². The van der Waals surface area contributed by atoms with E-state index >= 15 is 4.39 Å². The molecular weight excluding hydrogens is 495 g/mol. The maximum absolute atomic E-state index is 15.5. The monoisotopic (exact) mass is 518 g/mol. The highest BCUT2D eigenvalue weighted by atomic mass is 32.2. The van der Waals surface area contributed by atoms with Gasteiger partial charge >= 0.3 is 12.0 Å². The lowest BCUT2D eigenvalue weighted by molar-refractivity contribution is -0.229. The van der Waals surface area contributed by atoms with Gasteiger partial charge in [-0.15, -0.1) is 0 Å². The molecule has 4 rings (SSSR count). The molecule has 1 saturated heterocycles. The minimum absolute atomic E-state index is 0.0336. The van der Waals surface area contributed by atoms with E-state index in [4.69, 9.17) is 0 Å². The number of likely N-dealkylation sites (tertiary alicyclic amines) is 1. The molecule has 1 spiro atoms. The maximum Gasteiger partial charge on any atom is 0.436 e. The SMILES string of the molecule is COC(F)(F)C(=O)N1CC2(CC2)C(NS(C)(=O)=O)C1Cc1cccc(-c2cc(F)cc(F)c2)c1F. The first-order valence-corrected chi connectivity index (χ1v) is 12.6. The smallest absolute Gasteiger partial charge is 0.330 e. The van der Waals surface area contributed by atoms with Crippen LogP contribution in [0.4, 0.5) is 22.0 Å². The summed E-state index contributed by atoms with van der Waals surface area (Å²) in [5.74, 6) is -4.34. The summed E-state index contributed by atoms with van der Waals surface area (Å²) in [6, 6.07) is 4.51. The molecule has 6 nitrogen and oxygen atoms in total. The standard InChI is InChI=1S/C23H23F5N2O4S/c1-34-23(27,28)21(31)30-12-22(6-7-22)20(29-35(2,32)33)18(30)10-13-4-3-5-17(19(13)26)14-8-15(24)11-16(25)9-14/h3-5,8-9,11,18,20,29H,6-7,10,12H2,1-2H3. The number of methoxy groups -OCH3 is 1. The van der Waals surface area contributed by atoms with Crippen molar-refractivity contribution < 1.29 is 39.9 Å². The molecule has 1 amide bonds. The van der Waals surface area contributed by atoms with E-state index in [2.05, 4.69) is 9.46 Å². The van der Waals surface area contributed by atoms with Crippen molar-refractivity contribution in [2.45, 2.75) is 37.5 Å². The molecule has 35 heavy (non-hydrogen) atoms. The Morgan fingerprint density at radius 2 is 1.80 bits per heavy atom. The fraction of sp³-hybridized carbons (Fsp3) is 0.435. The van der Waals surface area contributed by atoms with E-state index in [1.165, 1.54) is 18.2 Å². The molecule has 12 heteroatoms. The van der Waals surface area contributed by atoms with Crippen LogP contribution < -0.4 is 4.72 Å². The maximum atomic E-state index is 15.5. The summed E-state index contributed by atoms with van der Waals surface area (Å²) >= 11 is 0. The summed E-state index contributed by atoms with van der Waals surface area (Å²) in [4.78, 5) is 13.5. The van der Waals surface area contributed by atoms with Crippen molar-refractivity contribution in [3.05, 3.63) is 59.4 Å². The normalized spacial score (nSPS) is 21.5. The molecule has 2 aromatic carbocycles. The van der Waals surface area contributed by atoms with E-state index < -0.39 is 57.0 Å². The highest BCUT2D eigenvalue weighted by Crippen LogP contribution is 2.56. The van der Waals surface area contributed by atoms with Crippen LogP contribution in [0.1, 0.15) is 18.4 Å². The molecule has 1 saturated carbocycles. The van der Waals surface area contributed by atoms with Gasteiger partial charge in [0, 0.05) is 36.7 Å². The molecule has 0 aromatic heterocycles. The first-order valence-electron chi connectivity index (χ1n) is 10.7. The van der Waals surface area contributed by atoms with Crippen molar-refractivity contribution in [3.63, 3.8) is 0 Å². The van der Waals surface area contributed by atoms with Crippen molar-refractivity contribution in [2.24, 2.45) is 5.41 Å². The summed E-state index contributed by atoms with van der Waals surface area (Å²) in [6.45, 7) is -0.154. The molecular formula is C23H23F5N2O4S. The molecule has 2 aromatic rings. The van der Waals surface area contributed by atoms with Gasteiger partial charge in [-0.3, -0.25) is 4.79 Å². The summed E-state index contributed by atoms with van der Waals surface area (Å²) in [7, 11) is -3.14.